The molecular weight excluding hydrogens is 154 g/mol. The molecule has 0 rings (SSSR count). The van der Waals surface area contributed by atoms with E-state index in [4.69, 9.17) is 0 Å². The van der Waals surface area contributed by atoms with Gasteiger partial charge in [-0.1, -0.05) is 13.8 Å². The summed E-state index contributed by atoms with van der Waals surface area (Å²) in [5.41, 5.74) is 0. The van der Waals surface area contributed by atoms with E-state index in [1.54, 1.807) is 0 Å². The molecule has 0 amide bonds. The van der Waals surface area contributed by atoms with E-state index >= 15 is 0 Å². The van der Waals surface area contributed by atoms with Gasteiger partial charge in [-0.3, -0.25) is 0 Å². The number of nitrogens with one attached hydrogen (secondary N) is 1. The van der Waals surface area contributed by atoms with Crippen molar-refractivity contribution in [2.45, 2.75) is 39.2 Å². The Balaban J connectivity index is 3.20. The van der Waals surface area contributed by atoms with Crippen molar-refractivity contribution < 1.29 is 0 Å². The molecule has 0 saturated heterocycles. The van der Waals surface area contributed by atoms with Gasteiger partial charge in [0.1, 0.15) is 0 Å². The minimum absolute atomic E-state index is 0.757. The average molecular weight is 175 g/mol. The summed E-state index contributed by atoms with van der Waals surface area (Å²) in [6.45, 7) is 5.54. The van der Waals surface area contributed by atoms with E-state index in [1.807, 2.05) is 11.8 Å². The fourth-order valence-electron chi connectivity index (χ4n) is 1.21. The Hall–Kier alpha value is 0.310. The molecule has 0 aliphatic rings. The highest BCUT2D eigenvalue weighted by Crippen LogP contribution is 2.05. The first-order chi connectivity index (χ1) is 5.35. The van der Waals surface area contributed by atoms with Crippen LogP contribution in [-0.4, -0.2) is 24.6 Å². The topological polar surface area (TPSA) is 12.0 Å². The minimum Gasteiger partial charge on any atom is -0.314 e. The molecule has 1 atom stereocenters. The smallest absolute Gasteiger partial charge is 0.00646 e. The normalized spacial score (nSPS) is 13.4. The molecule has 0 aliphatic heterocycles. The zero-order valence-electron chi connectivity index (χ0n) is 8.02. The van der Waals surface area contributed by atoms with Crippen molar-refractivity contribution in [3.8, 4) is 0 Å². The summed E-state index contributed by atoms with van der Waals surface area (Å²) in [6, 6.07) is 0.757. The van der Waals surface area contributed by atoms with Gasteiger partial charge in [0.15, 0.2) is 0 Å². The van der Waals surface area contributed by atoms with Crippen molar-refractivity contribution in [3.63, 3.8) is 0 Å². The summed E-state index contributed by atoms with van der Waals surface area (Å²) in [5.74, 6) is 1.31. The molecule has 0 spiro atoms. The van der Waals surface area contributed by atoms with Crippen molar-refractivity contribution in [1.29, 1.82) is 0 Å². The predicted octanol–water partition coefficient (Wildman–Crippen LogP) is 2.52. The molecule has 2 heteroatoms. The predicted molar refractivity (Wildman–Crippen MR) is 55.4 cm³/mol. The van der Waals surface area contributed by atoms with Crippen molar-refractivity contribution in [2.75, 3.05) is 18.6 Å². The van der Waals surface area contributed by atoms with Gasteiger partial charge in [-0.05, 0) is 37.8 Å². The van der Waals surface area contributed by atoms with Gasteiger partial charge in [-0.2, -0.15) is 11.8 Å². The highest BCUT2D eigenvalue weighted by molar-refractivity contribution is 7.98. The second-order valence-electron chi connectivity index (χ2n) is 2.80. The Bertz CT molecular complexity index is 76.0. The molecule has 11 heavy (non-hydrogen) atoms. The minimum atomic E-state index is 0.757. The number of hydrogen-bond acceptors (Lipinski definition) is 2. The molecule has 0 saturated carbocycles. The first kappa shape index (κ1) is 11.3. The third-order valence-corrected chi connectivity index (χ3v) is 2.58. The Morgan fingerprint density at radius 1 is 1.36 bits per heavy atom. The van der Waals surface area contributed by atoms with E-state index in [0.29, 0.717) is 0 Å². The maximum atomic E-state index is 3.48. The Kier molecular flexibility index (Phi) is 8.64. The number of hydrogen-bond donors (Lipinski definition) is 1. The van der Waals surface area contributed by atoms with E-state index < -0.39 is 0 Å². The molecule has 0 bridgehead atoms. The highest BCUT2D eigenvalue weighted by Gasteiger charge is 2.01. The van der Waals surface area contributed by atoms with Crippen LogP contribution < -0.4 is 5.32 Å². The average Bonchev–Trinajstić information content (AvgIpc) is 2.03. The maximum Gasteiger partial charge on any atom is 0.00646 e. The standard InChI is InChI=1S/C9H21NS/c1-4-9(10-5-2)7-6-8-11-3/h9-10H,4-8H2,1-3H3. The number of rotatable bonds is 7. The summed E-state index contributed by atoms with van der Waals surface area (Å²) in [5, 5.41) is 3.48. The summed E-state index contributed by atoms with van der Waals surface area (Å²) in [7, 11) is 0. The zero-order valence-corrected chi connectivity index (χ0v) is 8.84. The van der Waals surface area contributed by atoms with Crippen LogP contribution in [0.3, 0.4) is 0 Å². The molecule has 68 valence electrons. The molecule has 0 aromatic heterocycles. The molecule has 0 heterocycles. The Labute approximate surface area is 75.3 Å². The quantitative estimate of drug-likeness (QED) is 0.597. The van der Waals surface area contributed by atoms with Crippen LogP contribution in [0.2, 0.25) is 0 Å². The van der Waals surface area contributed by atoms with Gasteiger partial charge in [-0.15, -0.1) is 0 Å². The lowest BCUT2D eigenvalue weighted by Crippen LogP contribution is -2.27. The van der Waals surface area contributed by atoms with Crippen molar-refractivity contribution in [3.05, 3.63) is 0 Å². The molecule has 1 N–H and O–H groups in total. The summed E-state index contributed by atoms with van der Waals surface area (Å²) in [4.78, 5) is 0. The van der Waals surface area contributed by atoms with Crippen LogP contribution in [0.25, 0.3) is 0 Å². The molecule has 0 aromatic rings. The molecule has 1 nitrogen and oxygen atoms in total. The van der Waals surface area contributed by atoms with E-state index in [1.165, 1.54) is 25.0 Å². The maximum absolute atomic E-state index is 3.48. The molecule has 0 aromatic carbocycles. The zero-order chi connectivity index (χ0) is 8.53. The molecule has 0 aliphatic carbocycles. The van der Waals surface area contributed by atoms with E-state index in [2.05, 4.69) is 25.4 Å². The monoisotopic (exact) mass is 175 g/mol. The van der Waals surface area contributed by atoms with Gasteiger partial charge in [0, 0.05) is 6.04 Å². The Morgan fingerprint density at radius 2 is 2.09 bits per heavy atom. The van der Waals surface area contributed by atoms with Gasteiger partial charge in [0.25, 0.3) is 0 Å². The fourth-order valence-corrected chi connectivity index (χ4v) is 1.67. The van der Waals surface area contributed by atoms with Gasteiger partial charge in [0.2, 0.25) is 0 Å². The highest BCUT2D eigenvalue weighted by atomic mass is 32.2. The number of thioether (sulfide) groups is 1. The molecule has 0 fully saturated rings. The Morgan fingerprint density at radius 3 is 2.55 bits per heavy atom. The lowest BCUT2D eigenvalue weighted by molar-refractivity contribution is 0.477. The van der Waals surface area contributed by atoms with Crippen LogP contribution in [0.15, 0.2) is 0 Å². The first-order valence-electron chi connectivity index (χ1n) is 4.57. The summed E-state index contributed by atoms with van der Waals surface area (Å²) in [6.07, 6.45) is 6.13. The first-order valence-corrected chi connectivity index (χ1v) is 5.96. The fraction of sp³-hybridized carbons (Fsp3) is 1.00. The van der Waals surface area contributed by atoms with Gasteiger partial charge in [-0.25, -0.2) is 0 Å². The van der Waals surface area contributed by atoms with Crippen LogP contribution in [0.1, 0.15) is 33.1 Å². The molecule has 1 unspecified atom stereocenters. The largest absolute Gasteiger partial charge is 0.314 e. The van der Waals surface area contributed by atoms with Crippen molar-refractivity contribution in [1.82, 2.24) is 5.32 Å². The third kappa shape index (κ3) is 6.70. The van der Waals surface area contributed by atoms with Gasteiger partial charge < -0.3 is 5.32 Å². The van der Waals surface area contributed by atoms with Gasteiger partial charge in [0.05, 0.1) is 0 Å². The van der Waals surface area contributed by atoms with Crippen molar-refractivity contribution in [2.24, 2.45) is 0 Å². The second kappa shape index (κ2) is 8.41. The van der Waals surface area contributed by atoms with Crippen molar-refractivity contribution >= 4 is 11.8 Å². The summed E-state index contributed by atoms with van der Waals surface area (Å²) >= 11 is 1.94. The van der Waals surface area contributed by atoms with Gasteiger partial charge >= 0.3 is 0 Å². The van der Waals surface area contributed by atoms with Crippen LogP contribution in [0, 0.1) is 0 Å². The van der Waals surface area contributed by atoms with E-state index in [-0.39, 0.29) is 0 Å². The lowest BCUT2D eigenvalue weighted by Gasteiger charge is -2.14. The van der Waals surface area contributed by atoms with E-state index in [9.17, 15) is 0 Å². The van der Waals surface area contributed by atoms with E-state index in [0.717, 1.165) is 12.6 Å². The summed E-state index contributed by atoms with van der Waals surface area (Å²) < 4.78 is 0. The lowest BCUT2D eigenvalue weighted by atomic mass is 10.1. The van der Waals surface area contributed by atoms with Crippen LogP contribution in [-0.2, 0) is 0 Å². The van der Waals surface area contributed by atoms with Crippen LogP contribution in [0.5, 0.6) is 0 Å². The molecular formula is C9H21NS. The van der Waals surface area contributed by atoms with Crippen LogP contribution >= 0.6 is 11.8 Å². The third-order valence-electron chi connectivity index (χ3n) is 1.89. The SMILES string of the molecule is CCNC(CC)CCCSC. The second-order valence-corrected chi connectivity index (χ2v) is 3.78. The molecule has 0 radical (unpaired) electrons. The van der Waals surface area contributed by atoms with Crippen LogP contribution in [0.4, 0.5) is 0 Å².